The van der Waals surface area contributed by atoms with E-state index in [-0.39, 0.29) is 5.91 Å². The number of benzene rings is 2. The van der Waals surface area contributed by atoms with E-state index < -0.39 is 0 Å². The smallest absolute Gasteiger partial charge is 0.255 e. The summed E-state index contributed by atoms with van der Waals surface area (Å²) in [5.74, 6) is 0.864. The molecule has 0 atom stereocenters. The van der Waals surface area contributed by atoms with Crippen LogP contribution in [-0.2, 0) is 0 Å². The van der Waals surface area contributed by atoms with Crippen molar-refractivity contribution in [2.75, 3.05) is 19.5 Å². The molecule has 0 unspecified atom stereocenters. The molecule has 0 saturated carbocycles. The molecule has 0 aliphatic carbocycles. The fourth-order valence-corrected chi connectivity index (χ4v) is 2.99. The Kier molecular flexibility index (Phi) is 5.51. The zero-order valence-corrected chi connectivity index (χ0v) is 17.1. The number of anilines is 1. The van der Waals surface area contributed by atoms with Crippen molar-refractivity contribution in [1.82, 2.24) is 9.78 Å². The molecule has 0 saturated heterocycles. The van der Waals surface area contributed by atoms with Gasteiger partial charge in [-0.05, 0) is 72.2 Å². The maximum Gasteiger partial charge on any atom is 0.255 e. The molecule has 6 nitrogen and oxygen atoms in total. The van der Waals surface area contributed by atoms with Crippen LogP contribution in [0.25, 0.3) is 5.69 Å². The maximum absolute atomic E-state index is 12.5. The molecule has 0 bridgehead atoms. The van der Waals surface area contributed by atoms with Crippen LogP contribution in [0.4, 0.5) is 5.69 Å². The van der Waals surface area contributed by atoms with Gasteiger partial charge >= 0.3 is 0 Å². The molecule has 3 rings (SSSR count). The third-order valence-corrected chi connectivity index (χ3v) is 5.37. The number of nitrogens with zero attached hydrogens (tertiary/aromatic N) is 2. The van der Waals surface area contributed by atoms with Crippen LogP contribution in [0, 0.1) is 13.8 Å². The van der Waals surface area contributed by atoms with Crippen LogP contribution in [-0.4, -0.2) is 29.9 Å². The lowest BCUT2D eigenvalue weighted by Gasteiger charge is -2.11. The largest absolute Gasteiger partial charge is 0.493 e. The van der Waals surface area contributed by atoms with E-state index in [1.807, 2.05) is 42.8 Å². The van der Waals surface area contributed by atoms with E-state index in [1.165, 1.54) is 7.11 Å². The van der Waals surface area contributed by atoms with Crippen LogP contribution < -0.4 is 14.8 Å². The second kappa shape index (κ2) is 7.84. The van der Waals surface area contributed by atoms with Crippen molar-refractivity contribution < 1.29 is 14.3 Å². The van der Waals surface area contributed by atoms with Crippen molar-refractivity contribution in [2.45, 2.75) is 13.8 Å². The molecule has 2 aromatic carbocycles. The number of carbonyl (C=O) groups excluding carboxylic acids is 1. The molecule has 140 valence electrons. The molecule has 0 spiro atoms. The number of methoxy groups -OCH3 is 2. The number of hydrogen-bond acceptors (Lipinski definition) is 4. The average molecular weight is 430 g/mol. The summed E-state index contributed by atoms with van der Waals surface area (Å²) in [7, 11) is 3.09. The molecule has 3 aromatic rings. The fraction of sp³-hybridized carbons (Fsp3) is 0.200. The first kappa shape index (κ1) is 19.0. The second-order valence-electron chi connectivity index (χ2n) is 5.97. The zero-order chi connectivity index (χ0) is 19.6. The lowest BCUT2D eigenvalue weighted by atomic mass is 10.1. The van der Waals surface area contributed by atoms with Gasteiger partial charge in [0, 0.05) is 11.3 Å². The molecular weight excluding hydrogens is 410 g/mol. The Morgan fingerprint density at radius 3 is 2.26 bits per heavy atom. The lowest BCUT2D eigenvalue weighted by molar-refractivity contribution is 0.102. The molecule has 0 radical (unpaired) electrons. The summed E-state index contributed by atoms with van der Waals surface area (Å²) in [6.45, 7) is 3.95. The quantitative estimate of drug-likeness (QED) is 0.647. The third-order valence-electron chi connectivity index (χ3n) is 4.22. The van der Waals surface area contributed by atoms with Crippen LogP contribution in [0.15, 0.2) is 46.9 Å². The van der Waals surface area contributed by atoms with E-state index in [9.17, 15) is 4.79 Å². The summed E-state index contributed by atoms with van der Waals surface area (Å²) < 4.78 is 13.3. The molecule has 1 aromatic heterocycles. The Labute approximate surface area is 166 Å². The highest BCUT2D eigenvalue weighted by molar-refractivity contribution is 9.10. The van der Waals surface area contributed by atoms with Gasteiger partial charge in [-0.2, -0.15) is 5.10 Å². The van der Waals surface area contributed by atoms with Gasteiger partial charge in [0.1, 0.15) is 0 Å². The lowest BCUT2D eigenvalue weighted by Crippen LogP contribution is -2.12. The first-order valence-electron chi connectivity index (χ1n) is 8.30. The highest BCUT2D eigenvalue weighted by atomic mass is 79.9. The van der Waals surface area contributed by atoms with Gasteiger partial charge in [0.25, 0.3) is 5.91 Å². The van der Waals surface area contributed by atoms with E-state index in [0.717, 1.165) is 21.5 Å². The zero-order valence-electron chi connectivity index (χ0n) is 15.5. The van der Waals surface area contributed by atoms with Gasteiger partial charge in [-0.25, -0.2) is 4.68 Å². The molecule has 27 heavy (non-hydrogen) atoms. The minimum atomic E-state index is -0.224. The Balaban J connectivity index is 1.78. The first-order chi connectivity index (χ1) is 12.9. The van der Waals surface area contributed by atoms with Gasteiger partial charge in [-0.3, -0.25) is 4.79 Å². The van der Waals surface area contributed by atoms with Crippen molar-refractivity contribution in [1.29, 1.82) is 0 Å². The number of rotatable bonds is 5. The number of aryl methyl sites for hydroxylation is 1. The number of halogens is 1. The summed E-state index contributed by atoms with van der Waals surface area (Å²) >= 11 is 3.53. The van der Waals surface area contributed by atoms with Crippen LogP contribution in [0.2, 0.25) is 0 Å². The minimum absolute atomic E-state index is 0.224. The fourth-order valence-electron chi connectivity index (χ4n) is 2.74. The van der Waals surface area contributed by atoms with Gasteiger partial charge in [0.15, 0.2) is 11.5 Å². The van der Waals surface area contributed by atoms with E-state index in [0.29, 0.717) is 22.7 Å². The van der Waals surface area contributed by atoms with Gasteiger partial charge in [-0.15, -0.1) is 0 Å². The number of carbonyl (C=O) groups is 1. The van der Waals surface area contributed by atoms with E-state index in [4.69, 9.17) is 9.47 Å². The highest BCUT2D eigenvalue weighted by Gasteiger charge is 2.12. The van der Waals surface area contributed by atoms with Gasteiger partial charge in [-0.1, -0.05) is 0 Å². The summed E-state index contributed by atoms with van der Waals surface area (Å²) in [5, 5.41) is 7.39. The van der Waals surface area contributed by atoms with Crippen molar-refractivity contribution in [3.63, 3.8) is 0 Å². The van der Waals surface area contributed by atoms with Crippen LogP contribution >= 0.6 is 15.9 Å². The van der Waals surface area contributed by atoms with E-state index >= 15 is 0 Å². The summed E-state index contributed by atoms with van der Waals surface area (Å²) in [6.07, 6.45) is 0. The Morgan fingerprint density at radius 2 is 1.70 bits per heavy atom. The normalized spacial score (nSPS) is 10.6. The molecule has 0 aliphatic rings. The number of hydrogen-bond donors (Lipinski definition) is 1. The molecule has 7 heteroatoms. The molecule has 0 fully saturated rings. The van der Waals surface area contributed by atoms with Crippen molar-refractivity contribution in [3.05, 3.63) is 63.9 Å². The first-order valence-corrected chi connectivity index (χ1v) is 9.09. The van der Waals surface area contributed by atoms with Gasteiger partial charge in [0.2, 0.25) is 0 Å². The van der Waals surface area contributed by atoms with E-state index in [1.54, 1.807) is 25.3 Å². The molecular formula is C20H20BrN3O3. The maximum atomic E-state index is 12.5. The predicted molar refractivity (Wildman–Crippen MR) is 108 cm³/mol. The van der Waals surface area contributed by atoms with Crippen molar-refractivity contribution >= 4 is 27.5 Å². The molecule has 1 N–H and O–H groups in total. The second-order valence-corrected chi connectivity index (χ2v) is 6.76. The SMILES string of the molecule is COc1ccc(C(=O)Nc2ccc(-n3nc(C)c(Br)c3C)cc2)cc1OC. The molecule has 1 amide bonds. The predicted octanol–water partition coefficient (Wildman–Crippen LogP) is 4.52. The molecule has 0 aliphatic heterocycles. The van der Waals surface area contributed by atoms with Crippen molar-refractivity contribution in [3.8, 4) is 17.2 Å². The summed E-state index contributed by atoms with van der Waals surface area (Å²) in [5.41, 5.74) is 4.05. The van der Waals surface area contributed by atoms with Gasteiger partial charge in [0.05, 0.1) is 35.8 Å². The molecule has 1 heterocycles. The Morgan fingerprint density at radius 1 is 1.04 bits per heavy atom. The summed E-state index contributed by atoms with van der Waals surface area (Å²) in [4.78, 5) is 12.5. The number of amides is 1. The number of nitrogens with one attached hydrogen (secondary N) is 1. The number of aromatic nitrogens is 2. The van der Waals surface area contributed by atoms with Crippen LogP contribution in [0.3, 0.4) is 0 Å². The Bertz CT molecular complexity index is 981. The monoisotopic (exact) mass is 429 g/mol. The van der Waals surface area contributed by atoms with Crippen molar-refractivity contribution in [2.24, 2.45) is 0 Å². The standard InChI is InChI=1S/C20H20BrN3O3/c1-12-19(21)13(2)24(23-12)16-8-6-15(7-9-16)22-20(25)14-5-10-17(26-3)18(11-14)27-4/h5-11H,1-4H3,(H,22,25). The minimum Gasteiger partial charge on any atom is -0.493 e. The van der Waals surface area contributed by atoms with Crippen LogP contribution in [0.1, 0.15) is 21.7 Å². The topological polar surface area (TPSA) is 65.4 Å². The third kappa shape index (κ3) is 3.83. The Hall–Kier alpha value is -2.80. The average Bonchev–Trinajstić information content (AvgIpc) is 2.95. The summed E-state index contributed by atoms with van der Waals surface area (Å²) in [6, 6.07) is 12.6. The van der Waals surface area contributed by atoms with E-state index in [2.05, 4.69) is 26.3 Å². The van der Waals surface area contributed by atoms with Gasteiger partial charge < -0.3 is 14.8 Å². The number of ether oxygens (including phenoxy) is 2. The van der Waals surface area contributed by atoms with Crippen LogP contribution in [0.5, 0.6) is 11.5 Å². The highest BCUT2D eigenvalue weighted by Crippen LogP contribution is 2.28.